The van der Waals surface area contributed by atoms with Gasteiger partial charge in [0.25, 0.3) is 0 Å². The normalized spacial score (nSPS) is 16.1. The Labute approximate surface area is 110 Å². The van der Waals surface area contributed by atoms with Crippen molar-refractivity contribution in [1.82, 2.24) is 24.7 Å². The maximum Gasteiger partial charge on any atom is 0.160 e. The maximum atomic E-state index is 8.88. The van der Waals surface area contributed by atoms with Crippen molar-refractivity contribution in [2.24, 2.45) is 5.73 Å². The van der Waals surface area contributed by atoms with Gasteiger partial charge in [-0.3, -0.25) is 0 Å². The zero-order valence-electron chi connectivity index (χ0n) is 10.5. The van der Waals surface area contributed by atoms with Crippen LogP contribution in [0.4, 0.5) is 0 Å². The van der Waals surface area contributed by atoms with Crippen molar-refractivity contribution in [2.45, 2.75) is 31.7 Å². The first-order valence-electron chi connectivity index (χ1n) is 6.14. The smallest absolute Gasteiger partial charge is 0.160 e. The van der Waals surface area contributed by atoms with Crippen LogP contribution in [-0.4, -0.2) is 24.7 Å². The Kier molecular flexibility index (Phi) is 2.72. The number of nitrogens with zero attached hydrogens (tertiary/aromatic N) is 6. The number of hydrogen-bond acceptors (Lipinski definition) is 6. The minimum Gasteiger partial charge on any atom is -0.322 e. The van der Waals surface area contributed by atoms with E-state index in [1.807, 2.05) is 13.0 Å². The Bertz CT molecular complexity index is 648. The van der Waals surface area contributed by atoms with E-state index in [0.29, 0.717) is 23.3 Å². The molecule has 19 heavy (non-hydrogen) atoms. The van der Waals surface area contributed by atoms with Crippen LogP contribution in [0.25, 0.3) is 5.82 Å². The molecule has 2 aromatic heterocycles. The molecule has 2 aromatic rings. The van der Waals surface area contributed by atoms with Crippen LogP contribution in [0.15, 0.2) is 12.4 Å². The average molecular weight is 255 g/mol. The SMILES string of the molecule is C[C@H](N)c1nc(C2CC2)nn1-c1cc(C#N)ncn1. The predicted octanol–water partition coefficient (Wildman–Crippen LogP) is 0.826. The molecule has 1 saturated carbocycles. The van der Waals surface area contributed by atoms with E-state index in [1.165, 1.54) is 6.33 Å². The lowest BCUT2D eigenvalue weighted by Crippen LogP contribution is -2.14. The fourth-order valence-electron chi connectivity index (χ4n) is 1.84. The van der Waals surface area contributed by atoms with E-state index in [9.17, 15) is 0 Å². The second-order valence-corrected chi connectivity index (χ2v) is 4.68. The molecule has 1 fully saturated rings. The molecule has 3 rings (SSSR count). The number of nitriles is 1. The Morgan fingerprint density at radius 2 is 2.26 bits per heavy atom. The molecular weight excluding hydrogens is 242 g/mol. The quantitative estimate of drug-likeness (QED) is 0.870. The topological polar surface area (TPSA) is 106 Å². The summed E-state index contributed by atoms with van der Waals surface area (Å²) in [6.07, 6.45) is 3.59. The van der Waals surface area contributed by atoms with Crippen LogP contribution in [0.2, 0.25) is 0 Å². The maximum absolute atomic E-state index is 8.88. The third-order valence-corrected chi connectivity index (χ3v) is 2.98. The lowest BCUT2D eigenvalue weighted by molar-refractivity contribution is 0.678. The minimum absolute atomic E-state index is 0.250. The molecule has 1 atom stereocenters. The van der Waals surface area contributed by atoms with Gasteiger partial charge < -0.3 is 5.73 Å². The molecular formula is C12H13N7. The molecule has 0 aliphatic heterocycles. The molecule has 0 spiro atoms. The van der Waals surface area contributed by atoms with Gasteiger partial charge in [0.1, 0.15) is 18.1 Å². The fourth-order valence-corrected chi connectivity index (χ4v) is 1.84. The summed E-state index contributed by atoms with van der Waals surface area (Å²) in [4.78, 5) is 12.5. The van der Waals surface area contributed by atoms with E-state index in [4.69, 9.17) is 11.0 Å². The zero-order valence-corrected chi connectivity index (χ0v) is 10.5. The molecule has 0 saturated heterocycles. The molecule has 1 aliphatic rings. The third-order valence-electron chi connectivity index (χ3n) is 2.98. The van der Waals surface area contributed by atoms with Gasteiger partial charge in [0, 0.05) is 12.0 Å². The standard InChI is InChI=1S/C12H13N7/c1-7(14)12-17-11(8-2-3-8)18-19(12)10-4-9(5-13)15-6-16-10/h4,6-8H,2-3,14H2,1H3/t7-/m0/s1. The van der Waals surface area contributed by atoms with Crippen LogP contribution < -0.4 is 5.73 Å². The van der Waals surface area contributed by atoms with Crippen molar-refractivity contribution < 1.29 is 0 Å². The number of rotatable bonds is 3. The van der Waals surface area contributed by atoms with Gasteiger partial charge in [-0.25, -0.2) is 15.0 Å². The predicted molar refractivity (Wildman–Crippen MR) is 66.2 cm³/mol. The van der Waals surface area contributed by atoms with Gasteiger partial charge >= 0.3 is 0 Å². The second kappa shape index (κ2) is 4.40. The van der Waals surface area contributed by atoms with Crippen molar-refractivity contribution in [3.8, 4) is 11.9 Å². The Hall–Kier alpha value is -2.33. The lowest BCUT2D eigenvalue weighted by atomic mass is 10.3. The summed E-state index contributed by atoms with van der Waals surface area (Å²) in [7, 11) is 0. The molecule has 7 heteroatoms. The highest BCUT2D eigenvalue weighted by atomic mass is 15.4. The summed E-state index contributed by atoms with van der Waals surface area (Å²) in [5, 5.41) is 13.3. The molecule has 2 N–H and O–H groups in total. The highest BCUT2D eigenvalue weighted by Crippen LogP contribution is 2.38. The van der Waals surface area contributed by atoms with Gasteiger partial charge in [0.15, 0.2) is 17.5 Å². The summed E-state index contributed by atoms with van der Waals surface area (Å²) in [5.41, 5.74) is 6.22. The van der Waals surface area contributed by atoms with Crippen LogP contribution in [0, 0.1) is 11.3 Å². The first kappa shape index (κ1) is 11.7. The Balaban J connectivity index is 2.09. The number of nitrogens with two attached hydrogens (primary N) is 1. The highest BCUT2D eigenvalue weighted by molar-refractivity contribution is 5.31. The van der Waals surface area contributed by atoms with Crippen molar-refractivity contribution in [3.63, 3.8) is 0 Å². The van der Waals surface area contributed by atoms with Crippen LogP contribution >= 0.6 is 0 Å². The van der Waals surface area contributed by atoms with Crippen LogP contribution in [-0.2, 0) is 0 Å². The first-order chi connectivity index (χ1) is 9.19. The first-order valence-corrected chi connectivity index (χ1v) is 6.14. The lowest BCUT2D eigenvalue weighted by Gasteiger charge is -2.06. The molecule has 96 valence electrons. The summed E-state index contributed by atoms with van der Waals surface area (Å²) in [6.45, 7) is 1.85. The summed E-state index contributed by atoms with van der Waals surface area (Å²) in [6, 6.07) is 3.31. The summed E-state index contributed by atoms with van der Waals surface area (Å²) < 4.78 is 1.61. The van der Waals surface area contributed by atoms with E-state index in [1.54, 1.807) is 10.7 Å². The zero-order chi connectivity index (χ0) is 13.4. The monoisotopic (exact) mass is 255 g/mol. The molecule has 1 aliphatic carbocycles. The van der Waals surface area contributed by atoms with Crippen molar-refractivity contribution in [3.05, 3.63) is 29.7 Å². The van der Waals surface area contributed by atoms with E-state index in [0.717, 1.165) is 18.7 Å². The Morgan fingerprint density at radius 1 is 1.47 bits per heavy atom. The van der Waals surface area contributed by atoms with Crippen LogP contribution in [0.1, 0.15) is 49.1 Å². The van der Waals surface area contributed by atoms with Gasteiger partial charge in [-0.1, -0.05) is 0 Å². The average Bonchev–Trinajstić information content (AvgIpc) is 3.17. The van der Waals surface area contributed by atoms with Gasteiger partial charge in [-0.15, -0.1) is 5.10 Å². The molecule has 0 aromatic carbocycles. The third kappa shape index (κ3) is 2.18. The van der Waals surface area contributed by atoms with E-state index < -0.39 is 0 Å². The summed E-state index contributed by atoms with van der Waals surface area (Å²) >= 11 is 0. The molecule has 0 radical (unpaired) electrons. The van der Waals surface area contributed by atoms with Crippen molar-refractivity contribution in [1.29, 1.82) is 5.26 Å². The molecule has 2 heterocycles. The van der Waals surface area contributed by atoms with Crippen LogP contribution in [0.5, 0.6) is 0 Å². The highest BCUT2D eigenvalue weighted by Gasteiger charge is 2.30. The largest absolute Gasteiger partial charge is 0.322 e. The van der Waals surface area contributed by atoms with E-state index in [-0.39, 0.29) is 6.04 Å². The van der Waals surface area contributed by atoms with Gasteiger partial charge in [-0.05, 0) is 19.8 Å². The van der Waals surface area contributed by atoms with E-state index in [2.05, 4.69) is 20.1 Å². The van der Waals surface area contributed by atoms with E-state index >= 15 is 0 Å². The summed E-state index contributed by atoms with van der Waals surface area (Å²) in [5.74, 6) is 2.43. The van der Waals surface area contributed by atoms with Gasteiger partial charge in [-0.2, -0.15) is 9.94 Å². The number of aromatic nitrogens is 5. The van der Waals surface area contributed by atoms with Crippen molar-refractivity contribution >= 4 is 0 Å². The Morgan fingerprint density at radius 3 is 2.89 bits per heavy atom. The molecule has 0 unspecified atom stereocenters. The second-order valence-electron chi connectivity index (χ2n) is 4.68. The fraction of sp³-hybridized carbons (Fsp3) is 0.417. The van der Waals surface area contributed by atoms with Gasteiger partial charge in [0.05, 0.1) is 6.04 Å². The van der Waals surface area contributed by atoms with Gasteiger partial charge in [0.2, 0.25) is 0 Å². The van der Waals surface area contributed by atoms with Crippen molar-refractivity contribution in [2.75, 3.05) is 0 Å². The minimum atomic E-state index is -0.250. The molecule has 0 amide bonds. The molecule has 0 bridgehead atoms. The van der Waals surface area contributed by atoms with Crippen LogP contribution in [0.3, 0.4) is 0 Å². The number of hydrogen-bond donors (Lipinski definition) is 1. The molecule has 7 nitrogen and oxygen atoms in total.